The normalized spacial score (nSPS) is 14.3. The molecule has 2 aromatic rings. The number of rotatable bonds is 4. The van der Waals surface area contributed by atoms with Gasteiger partial charge in [-0.2, -0.15) is 0 Å². The van der Waals surface area contributed by atoms with Crippen LogP contribution in [0.3, 0.4) is 0 Å². The van der Waals surface area contributed by atoms with Gasteiger partial charge < -0.3 is 15.4 Å². The Balaban J connectivity index is 0.00000208. The maximum atomic E-state index is 12.8. The molecule has 0 bridgehead atoms. The first-order valence-electron chi connectivity index (χ1n) is 8.03. The molecule has 5 heteroatoms. The summed E-state index contributed by atoms with van der Waals surface area (Å²) in [5.41, 5.74) is 8.86. The second-order valence-corrected chi connectivity index (χ2v) is 5.96. The Kier molecular flexibility index (Phi) is 6.10. The maximum absolute atomic E-state index is 12.8. The van der Waals surface area contributed by atoms with E-state index in [4.69, 9.17) is 10.5 Å². The van der Waals surface area contributed by atoms with Crippen molar-refractivity contribution < 1.29 is 9.53 Å². The largest absolute Gasteiger partial charge is 0.493 e. The Morgan fingerprint density at radius 2 is 1.96 bits per heavy atom. The van der Waals surface area contributed by atoms with E-state index in [1.807, 2.05) is 60.4 Å². The lowest BCUT2D eigenvalue weighted by atomic mass is 9.98. The van der Waals surface area contributed by atoms with Crippen molar-refractivity contribution in [3.8, 4) is 5.75 Å². The molecule has 1 heterocycles. The number of nitrogen functional groups attached to an aromatic ring is 1. The zero-order valence-corrected chi connectivity index (χ0v) is 14.6. The highest BCUT2D eigenvalue weighted by atomic mass is 35.5. The van der Waals surface area contributed by atoms with Crippen LogP contribution >= 0.6 is 12.4 Å². The van der Waals surface area contributed by atoms with E-state index in [2.05, 4.69) is 0 Å². The van der Waals surface area contributed by atoms with Crippen LogP contribution in [0.15, 0.2) is 48.5 Å². The molecule has 0 radical (unpaired) electrons. The van der Waals surface area contributed by atoms with Crippen molar-refractivity contribution in [2.24, 2.45) is 5.92 Å². The molecule has 3 rings (SSSR count). The molecule has 1 unspecified atom stereocenters. The van der Waals surface area contributed by atoms with Crippen molar-refractivity contribution in [3.63, 3.8) is 0 Å². The monoisotopic (exact) mass is 346 g/mol. The lowest BCUT2D eigenvalue weighted by Crippen LogP contribution is -2.40. The molecule has 0 fully saturated rings. The number of para-hydroxylation sites is 1. The molecule has 0 saturated carbocycles. The first-order valence-corrected chi connectivity index (χ1v) is 8.03. The minimum Gasteiger partial charge on any atom is -0.493 e. The predicted octanol–water partition coefficient (Wildman–Crippen LogP) is 3.68. The highest BCUT2D eigenvalue weighted by Gasteiger charge is 2.27. The van der Waals surface area contributed by atoms with Crippen molar-refractivity contribution in [1.29, 1.82) is 0 Å². The molecule has 1 aliphatic heterocycles. The number of carbonyl (C=O) groups excluding carboxylic acids is 1. The fraction of sp³-hybridized carbons (Fsp3) is 0.316. The van der Waals surface area contributed by atoms with Gasteiger partial charge in [0.05, 0.1) is 12.5 Å². The fourth-order valence-electron chi connectivity index (χ4n) is 2.96. The molecule has 0 aliphatic carbocycles. The predicted molar refractivity (Wildman–Crippen MR) is 99.9 cm³/mol. The third kappa shape index (κ3) is 3.82. The van der Waals surface area contributed by atoms with E-state index in [0.717, 1.165) is 42.1 Å². The second kappa shape index (κ2) is 8.06. The summed E-state index contributed by atoms with van der Waals surface area (Å²) in [6.07, 6.45) is 1.87. The van der Waals surface area contributed by atoms with Crippen LogP contribution in [0.1, 0.15) is 18.9 Å². The third-order valence-electron chi connectivity index (χ3n) is 4.22. The number of ether oxygens (including phenoxy) is 1. The van der Waals surface area contributed by atoms with Crippen LogP contribution in [-0.2, 0) is 11.2 Å². The van der Waals surface area contributed by atoms with Crippen LogP contribution in [0, 0.1) is 5.92 Å². The van der Waals surface area contributed by atoms with Gasteiger partial charge in [-0.15, -0.1) is 12.4 Å². The van der Waals surface area contributed by atoms with Crippen molar-refractivity contribution >= 4 is 29.7 Å². The van der Waals surface area contributed by atoms with Gasteiger partial charge in [0.25, 0.3) is 0 Å². The minimum absolute atomic E-state index is 0. The summed E-state index contributed by atoms with van der Waals surface area (Å²) >= 11 is 0. The van der Waals surface area contributed by atoms with Crippen molar-refractivity contribution in [2.75, 3.05) is 23.8 Å². The molecule has 0 saturated heterocycles. The van der Waals surface area contributed by atoms with Gasteiger partial charge in [-0.3, -0.25) is 4.79 Å². The molecule has 1 aliphatic rings. The average molecular weight is 347 g/mol. The number of anilines is 2. The molecule has 2 N–H and O–H groups in total. The zero-order chi connectivity index (χ0) is 16.2. The van der Waals surface area contributed by atoms with E-state index < -0.39 is 0 Å². The van der Waals surface area contributed by atoms with Crippen LogP contribution in [0.4, 0.5) is 11.4 Å². The van der Waals surface area contributed by atoms with Gasteiger partial charge in [0.15, 0.2) is 0 Å². The topological polar surface area (TPSA) is 55.6 Å². The van der Waals surface area contributed by atoms with E-state index in [1.165, 1.54) is 0 Å². The van der Waals surface area contributed by atoms with Gasteiger partial charge in [-0.05, 0) is 42.7 Å². The molecular weight excluding hydrogens is 324 g/mol. The molecular formula is C19H23ClN2O2. The van der Waals surface area contributed by atoms with Crippen LogP contribution in [0.2, 0.25) is 0 Å². The third-order valence-corrected chi connectivity index (χ3v) is 4.22. The zero-order valence-electron chi connectivity index (χ0n) is 13.8. The standard InChI is InChI=1S/C19H22N2O2.ClH/c1-14(13-23-15-7-3-2-4-8-15)19(22)21-12-6-9-16-17(20)10-5-11-18(16)21;/h2-5,7-8,10-11,14H,6,9,12-13,20H2,1H3;1H. The molecule has 0 aromatic heterocycles. The van der Waals surface area contributed by atoms with E-state index >= 15 is 0 Å². The average Bonchev–Trinajstić information content (AvgIpc) is 2.60. The number of carbonyl (C=O) groups is 1. The lowest BCUT2D eigenvalue weighted by Gasteiger charge is -2.32. The number of amides is 1. The van der Waals surface area contributed by atoms with Crippen molar-refractivity contribution in [2.45, 2.75) is 19.8 Å². The Morgan fingerprint density at radius 3 is 2.71 bits per heavy atom. The van der Waals surface area contributed by atoms with Crippen molar-refractivity contribution in [3.05, 3.63) is 54.1 Å². The highest BCUT2D eigenvalue weighted by Crippen LogP contribution is 2.32. The van der Waals surface area contributed by atoms with Gasteiger partial charge >= 0.3 is 0 Å². The highest BCUT2D eigenvalue weighted by molar-refractivity contribution is 5.96. The molecule has 1 amide bonds. The first-order chi connectivity index (χ1) is 11.2. The Bertz CT molecular complexity index is 691. The number of benzene rings is 2. The number of hydrogen-bond acceptors (Lipinski definition) is 3. The van der Waals surface area contributed by atoms with Crippen molar-refractivity contribution in [1.82, 2.24) is 0 Å². The van der Waals surface area contributed by atoms with Crippen LogP contribution < -0.4 is 15.4 Å². The Labute approximate surface area is 149 Å². The SMILES string of the molecule is CC(COc1ccccc1)C(=O)N1CCCc2c(N)cccc21.Cl. The Morgan fingerprint density at radius 1 is 1.21 bits per heavy atom. The van der Waals surface area contributed by atoms with Gasteiger partial charge in [-0.25, -0.2) is 0 Å². The van der Waals surface area contributed by atoms with Crippen LogP contribution in [-0.4, -0.2) is 19.1 Å². The number of halogens is 1. The first kappa shape index (κ1) is 18.1. The van der Waals surface area contributed by atoms with Crippen LogP contribution in [0.5, 0.6) is 5.75 Å². The number of fused-ring (bicyclic) bond motifs is 1. The minimum atomic E-state index is -0.206. The van der Waals surface area contributed by atoms with Crippen LogP contribution in [0.25, 0.3) is 0 Å². The molecule has 4 nitrogen and oxygen atoms in total. The van der Waals surface area contributed by atoms with E-state index in [0.29, 0.717) is 6.61 Å². The summed E-state index contributed by atoms with van der Waals surface area (Å²) in [6.45, 7) is 3.02. The maximum Gasteiger partial charge on any atom is 0.233 e. The molecule has 24 heavy (non-hydrogen) atoms. The Hall–Kier alpha value is -2.20. The second-order valence-electron chi connectivity index (χ2n) is 5.96. The summed E-state index contributed by atoms with van der Waals surface area (Å²) in [6, 6.07) is 15.4. The van der Waals surface area contributed by atoms with Gasteiger partial charge in [0, 0.05) is 17.9 Å². The van der Waals surface area contributed by atoms with Gasteiger partial charge in [0.1, 0.15) is 5.75 Å². The smallest absolute Gasteiger partial charge is 0.233 e. The molecule has 0 spiro atoms. The lowest BCUT2D eigenvalue weighted by molar-refractivity contribution is -0.122. The molecule has 2 aromatic carbocycles. The molecule has 1 atom stereocenters. The van der Waals surface area contributed by atoms with Gasteiger partial charge in [0.2, 0.25) is 5.91 Å². The number of nitrogens with zero attached hydrogens (tertiary/aromatic N) is 1. The van der Waals surface area contributed by atoms with E-state index in [9.17, 15) is 4.79 Å². The van der Waals surface area contributed by atoms with E-state index in [-0.39, 0.29) is 24.2 Å². The molecule has 128 valence electrons. The summed E-state index contributed by atoms with van der Waals surface area (Å²) in [5.74, 6) is 0.672. The summed E-state index contributed by atoms with van der Waals surface area (Å²) in [4.78, 5) is 14.7. The quantitative estimate of drug-likeness (QED) is 0.859. The summed E-state index contributed by atoms with van der Waals surface area (Å²) < 4.78 is 5.72. The summed E-state index contributed by atoms with van der Waals surface area (Å²) in [5, 5.41) is 0. The van der Waals surface area contributed by atoms with Gasteiger partial charge in [-0.1, -0.05) is 31.2 Å². The number of nitrogens with two attached hydrogens (primary N) is 1. The summed E-state index contributed by atoms with van der Waals surface area (Å²) in [7, 11) is 0. The number of hydrogen-bond donors (Lipinski definition) is 1. The fourth-order valence-corrected chi connectivity index (χ4v) is 2.96. The van der Waals surface area contributed by atoms with E-state index in [1.54, 1.807) is 0 Å².